The topological polar surface area (TPSA) is 221 Å². The van der Waals surface area contributed by atoms with E-state index in [1.807, 2.05) is 30.3 Å². The van der Waals surface area contributed by atoms with Crippen LogP contribution in [0.5, 0.6) is 0 Å². The van der Waals surface area contributed by atoms with Gasteiger partial charge in [0.15, 0.2) is 23.7 Å². The number of rotatable bonds is 5. The molecule has 4 heterocycles. The summed E-state index contributed by atoms with van der Waals surface area (Å²) < 4.78 is 44.4. The first-order valence-corrected chi connectivity index (χ1v) is 12.3. The van der Waals surface area contributed by atoms with E-state index in [9.17, 15) is 9.36 Å². The van der Waals surface area contributed by atoms with Crippen LogP contribution in [0.15, 0.2) is 41.5 Å². The molecule has 0 bridgehead atoms. The van der Waals surface area contributed by atoms with Crippen molar-refractivity contribution < 1.29 is 75.3 Å². The van der Waals surface area contributed by atoms with E-state index in [1.54, 1.807) is 0 Å². The molecule has 6 atom stereocenters. The zero-order valence-corrected chi connectivity index (χ0v) is 22.6. The van der Waals surface area contributed by atoms with Crippen LogP contribution in [0.3, 0.4) is 0 Å². The SMILES string of the molecule is Nc1nc2c(ncn2[C@@H]2O[C@H](CO[PH](=O)O)C3OC(c4ccccc4)OC32)c(=O)[nH]1.O=[PH](O)O.[Y]. The molecule has 0 spiro atoms. The number of aromatic nitrogens is 4. The Kier molecular flexibility index (Phi) is 9.89. The molecule has 2 fully saturated rings. The van der Waals surface area contributed by atoms with Crippen molar-refractivity contribution in [2.45, 2.75) is 30.8 Å². The maximum Gasteiger partial charge on any atom is 0.316 e. The van der Waals surface area contributed by atoms with Gasteiger partial charge in [-0.25, -0.2) is 4.98 Å². The van der Waals surface area contributed by atoms with E-state index in [0.717, 1.165) is 5.56 Å². The van der Waals surface area contributed by atoms with Gasteiger partial charge < -0.3 is 39.1 Å². The van der Waals surface area contributed by atoms with E-state index in [1.165, 1.54) is 10.9 Å². The number of imidazole rings is 1. The van der Waals surface area contributed by atoms with E-state index in [-0.39, 0.29) is 56.4 Å². The van der Waals surface area contributed by atoms with Gasteiger partial charge in [0.2, 0.25) is 5.95 Å². The molecule has 0 aliphatic carbocycles. The van der Waals surface area contributed by atoms with Gasteiger partial charge in [-0.15, -0.1) is 0 Å². The van der Waals surface area contributed by atoms with Gasteiger partial charge in [-0.3, -0.25) is 23.5 Å². The van der Waals surface area contributed by atoms with E-state index < -0.39 is 52.9 Å². The average Bonchev–Trinajstić information content (AvgIpc) is 3.46. The fourth-order valence-electron chi connectivity index (χ4n) is 3.74. The first-order chi connectivity index (χ1) is 16.2. The van der Waals surface area contributed by atoms with E-state index in [4.69, 9.17) is 43.7 Å². The molecular formula is C17H21N5O10P2Y. The van der Waals surface area contributed by atoms with Gasteiger partial charge in [-0.2, -0.15) is 4.98 Å². The van der Waals surface area contributed by atoms with Crippen LogP contribution >= 0.6 is 16.5 Å². The number of hydrogen-bond acceptors (Lipinski definition) is 10. The Morgan fingerprint density at radius 1 is 1.11 bits per heavy atom. The summed E-state index contributed by atoms with van der Waals surface area (Å²) in [5.74, 6) is -0.0618. The maximum absolute atomic E-state index is 12.1. The van der Waals surface area contributed by atoms with Gasteiger partial charge in [0, 0.05) is 38.3 Å². The molecule has 2 saturated heterocycles. The minimum atomic E-state index is -3.15. The zero-order chi connectivity index (χ0) is 24.4. The molecule has 0 amide bonds. The third-order valence-electron chi connectivity index (χ3n) is 5.01. The summed E-state index contributed by atoms with van der Waals surface area (Å²) in [4.78, 5) is 46.1. The van der Waals surface area contributed by atoms with Crippen molar-refractivity contribution in [1.29, 1.82) is 0 Å². The number of hydrogen-bond donors (Lipinski definition) is 5. The molecule has 1 radical (unpaired) electrons. The van der Waals surface area contributed by atoms with Gasteiger partial charge in [0.25, 0.3) is 5.56 Å². The predicted octanol–water partition coefficient (Wildman–Crippen LogP) is -0.161. The minimum absolute atomic E-state index is 0. The summed E-state index contributed by atoms with van der Waals surface area (Å²) in [7, 11) is -6.28. The molecular weight excluding hydrogens is 585 g/mol. The standard InChI is InChI=1S/C17H18N5O7P.H3O3P.Y/c18-17-20-13-10(14(23)21-17)19-7-22(13)15-12-11(9(27-15)6-26-30(24)25)28-16(29-12)8-4-2-1-3-5-8;1-4(2)3;/h1-5,7,9,11-12,15-16,30H,6H2,(H,24,25)(H3,18,20,21,23);4H,(H2,1,2,3);/t9-,11?,12?,15-,16?;;/m1../s1. The Hall–Kier alpha value is -1.35. The summed E-state index contributed by atoms with van der Waals surface area (Å²) in [6.45, 7) is -0.167. The van der Waals surface area contributed by atoms with Crippen molar-refractivity contribution in [3.8, 4) is 0 Å². The maximum atomic E-state index is 12.1. The van der Waals surface area contributed by atoms with Crippen LogP contribution < -0.4 is 11.3 Å². The van der Waals surface area contributed by atoms with Gasteiger partial charge in [-0.1, -0.05) is 30.3 Å². The first-order valence-electron chi connectivity index (χ1n) is 9.76. The predicted molar refractivity (Wildman–Crippen MR) is 116 cm³/mol. The van der Waals surface area contributed by atoms with Crippen LogP contribution in [0.2, 0.25) is 0 Å². The molecule has 187 valence electrons. The third kappa shape index (κ3) is 6.51. The fourth-order valence-corrected chi connectivity index (χ4v) is 4.05. The largest absolute Gasteiger partial charge is 0.369 e. The molecule has 2 aliphatic rings. The fraction of sp³-hybridized carbons (Fsp3) is 0.353. The Morgan fingerprint density at radius 2 is 1.77 bits per heavy atom. The van der Waals surface area contributed by atoms with E-state index in [2.05, 4.69) is 15.0 Å². The van der Waals surface area contributed by atoms with Crippen LogP contribution in [0.4, 0.5) is 5.95 Å². The number of H-pyrrole nitrogens is 1. The van der Waals surface area contributed by atoms with Gasteiger partial charge in [0.05, 0.1) is 12.9 Å². The van der Waals surface area contributed by atoms with Gasteiger partial charge in [0.1, 0.15) is 18.3 Å². The van der Waals surface area contributed by atoms with Crippen molar-refractivity contribution in [2.24, 2.45) is 0 Å². The second-order valence-corrected chi connectivity index (χ2v) is 8.53. The molecule has 6 N–H and O–H groups in total. The number of nitrogens with zero attached hydrogens (tertiary/aromatic N) is 3. The number of benzene rings is 1. The van der Waals surface area contributed by atoms with Crippen LogP contribution in [-0.4, -0.2) is 59.1 Å². The first kappa shape index (κ1) is 28.2. The molecule has 15 nitrogen and oxygen atoms in total. The van der Waals surface area contributed by atoms with Crippen molar-refractivity contribution >= 4 is 33.6 Å². The number of nitrogens with one attached hydrogen (secondary N) is 1. The van der Waals surface area contributed by atoms with Crippen LogP contribution in [0, 0.1) is 0 Å². The molecule has 35 heavy (non-hydrogen) atoms. The summed E-state index contributed by atoms with van der Waals surface area (Å²) in [5.41, 5.74) is 6.35. The number of ether oxygens (including phenoxy) is 3. The summed E-state index contributed by atoms with van der Waals surface area (Å²) in [6, 6.07) is 9.35. The van der Waals surface area contributed by atoms with E-state index >= 15 is 0 Å². The Bertz CT molecular complexity index is 1260. The molecule has 5 rings (SSSR count). The minimum Gasteiger partial charge on any atom is -0.369 e. The van der Waals surface area contributed by atoms with Crippen LogP contribution in [-0.2, 0) is 60.6 Å². The monoisotopic (exact) mass is 606 g/mol. The van der Waals surface area contributed by atoms with Crippen molar-refractivity contribution in [2.75, 3.05) is 12.3 Å². The zero-order valence-electron chi connectivity index (χ0n) is 17.8. The quantitative estimate of drug-likeness (QED) is 0.239. The Labute approximate surface area is 223 Å². The molecule has 0 saturated carbocycles. The Morgan fingerprint density at radius 3 is 2.43 bits per heavy atom. The second-order valence-electron chi connectivity index (χ2n) is 7.14. The van der Waals surface area contributed by atoms with Crippen molar-refractivity contribution in [3.05, 3.63) is 52.6 Å². The van der Waals surface area contributed by atoms with Crippen LogP contribution in [0.1, 0.15) is 18.1 Å². The average molecular weight is 606 g/mol. The van der Waals surface area contributed by atoms with Crippen molar-refractivity contribution in [1.82, 2.24) is 19.5 Å². The number of fused-ring (bicyclic) bond motifs is 2. The molecule has 1 aromatic carbocycles. The van der Waals surface area contributed by atoms with Gasteiger partial charge >= 0.3 is 16.5 Å². The van der Waals surface area contributed by atoms with Gasteiger partial charge in [-0.05, 0) is 0 Å². The number of aromatic amines is 1. The molecule has 2 aromatic heterocycles. The van der Waals surface area contributed by atoms with Crippen LogP contribution in [0.25, 0.3) is 11.2 Å². The third-order valence-corrected chi connectivity index (χ3v) is 5.43. The van der Waals surface area contributed by atoms with Crippen molar-refractivity contribution in [3.63, 3.8) is 0 Å². The summed E-state index contributed by atoms with van der Waals surface area (Å²) >= 11 is 0. The number of anilines is 1. The molecule has 2 aliphatic heterocycles. The summed E-state index contributed by atoms with van der Waals surface area (Å²) in [6.07, 6.45) is -1.89. The molecule has 18 heteroatoms. The normalized spacial score (nSPS) is 26.1. The number of nitrogen functional groups attached to an aromatic ring is 1. The molecule has 3 aromatic rings. The van der Waals surface area contributed by atoms with E-state index in [0.29, 0.717) is 0 Å². The Balaban J connectivity index is 0.000000638. The summed E-state index contributed by atoms with van der Waals surface area (Å²) in [5, 5.41) is 0. The second kappa shape index (κ2) is 12.3. The number of nitrogens with two attached hydrogens (primary N) is 1. The molecule has 4 unspecified atom stereocenters. The smallest absolute Gasteiger partial charge is 0.316 e.